The molecular weight excluding hydrogens is 465 g/mol. The number of rotatable bonds is 7. The predicted molar refractivity (Wildman–Crippen MR) is 121 cm³/mol. The highest BCUT2D eigenvalue weighted by molar-refractivity contribution is 6.46. The van der Waals surface area contributed by atoms with Crippen LogP contribution in [0.5, 0.6) is 5.75 Å². The summed E-state index contributed by atoms with van der Waals surface area (Å²) in [5.41, 5.74) is 0.745. The zero-order valence-corrected chi connectivity index (χ0v) is 19.3. The van der Waals surface area contributed by atoms with Crippen LogP contribution >= 0.6 is 23.2 Å². The number of Topliss-reactive ketones (excluding diaryl/α,β-unsaturated/α-hetero) is 1. The molecule has 1 aliphatic rings. The van der Waals surface area contributed by atoms with Gasteiger partial charge < -0.3 is 14.7 Å². The SMILES string of the molecule is COc1ccc(C([O-])=C2C(=O)C(=O)N(CCC[n+]3cc[nH]c3)C2c2ccc(Cl)cc2)cc1Cl. The number of likely N-dealkylation sites (tertiary alicyclic amines) is 1. The van der Waals surface area contributed by atoms with Crippen LogP contribution in [0, 0.1) is 0 Å². The van der Waals surface area contributed by atoms with Crippen LogP contribution < -0.4 is 14.4 Å². The maximum absolute atomic E-state index is 13.4. The van der Waals surface area contributed by atoms with Crippen LogP contribution in [0.15, 0.2) is 66.8 Å². The molecule has 0 saturated carbocycles. The lowest BCUT2D eigenvalue weighted by Crippen LogP contribution is -2.36. The van der Waals surface area contributed by atoms with Gasteiger partial charge in [-0.2, -0.15) is 0 Å². The van der Waals surface area contributed by atoms with Crippen molar-refractivity contribution in [3.63, 3.8) is 0 Å². The first kappa shape index (κ1) is 22.9. The lowest BCUT2D eigenvalue weighted by Gasteiger charge is -2.27. The number of hydrogen-bond acceptors (Lipinski definition) is 4. The molecule has 0 bridgehead atoms. The number of aromatic amines is 1. The number of nitrogens with one attached hydrogen (secondary N) is 1. The number of carbonyl (C=O) groups is 2. The van der Waals surface area contributed by atoms with E-state index in [9.17, 15) is 14.7 Å². The molecule has 1 fully saturated rings. The Balaban J connectivity index is 1.74. The Morgan fingerprint density at radius 2 is 1.94 bits per heavy atom. The van der Waals surface area contributed by atoms with E-state index in [1.165, 1.54) is 24.1 Å². The van der Waals surface area contributed by atoms with Gasteiger partial charge in [0.2, 0.25) is 12.1 Å². The summed E-state index contributed by atoms with van der Waals surface area (Å²) in [4.78, 5) is 30.4. The highest BCUT2D eigenvalue weighted by atomic mass is 35.5. The number of ketones is 1. The van der Waals surface area contributed by atoms with Crippen LogP contribution in [-0.2, 0) is 16.1 Å². The number of carbonyl (C=O) groups excluding carboxylic acids is 2. The monoisotopic (exact) mass is 485 g/mol. The van der Waals surface area contributed by atoms with Gasteiger partial charge in [-0.1, -0.05) is 47.2 Å². The molecule has 1 unspecified atom stereocenters. The van der Waals surface area contributed by atoms with Crippen LogP contribution in [0.1, 0.15) is 23.6 Å². The Bertz CT molecular complexity index is 1210. The molecule has 170 valence electrons. The van der Waals surface area contributed by atoms with E-state index in [0.717, 1.165) is 0 Å². The van der Waals surface area contributed by atoms with E-state index < -0.39 is 23.5 Å². The number of hydrogen-bond donors (Lipinski definition) is 1. The van der Waals surface area contributed by atoms with E-state index in [1.54, 1.807) is 36.5 Å². The number of H-pyrrole nitrogens is 1. The lowest BCUT2D eigenvalue weighted by atomic mass is 9.95. The lowest BCUT2D eigenvalue weighted by molar-refractivity contribution is -0.695. The average Bonchev–Trinajstić information content (AvgIpc) is 3.41. The molecule has 7 nitrogen and oxygen atoms in total. The molecule has 2 aromatic carbocycles. The second-order valence-corrected chi connectivity index (χ2v) is 8.42. The minimum atomic E-state index is -0.813. The van der Waals surface area contributed by atoms with Crippen LogP contribution in [-0.4, -0.2) is 35.2 Å². The summed E-state index contributed by atoms with van der Waals surface area (Å²) in [5, 5.41) is 14.2. The van der Waals surface area contributed by atoms with Gasteiger partial charge in [0.1, 0.15) is 18.1 Å². The van der Waals surface area contributed by atoms with Gasteiger partial charge in [0.15, 0.2) is 0 Å². The van der Waals surface area contributed by atoms with Gasteiger partial charge in [0.25, 0.3) is 5.91 Å². The predicted octanol–water partition coefficient (Wildman–Crippen LogP) is 2.93. The number of halogens is 2. The van der Waals surface area contributed by atoms with E-state index >= 15 is 0 Å². The molecule has 1 saturated heterocycles. The summed E-state index contributed by atoms with van der Waals surface area (Å²) in [5.74, 6) is -1.64. The molecule has 1 amide bonds. The van der Waals surface area contributed by atoms with Crippen molar-refractivity contribution < 1.29 is 24.0 Å². The Morgan fingerprint density at radius 3 is 2.58 bits per heavy atom. The Hall–Kier alpha value is -3.29. The molecule has 1 atom stereocenters. The van der Waals surface area contributed by atoms with E-state index in [-0.39, 0.29) is 16.2 Å². The largest absolute Gasteiger partial charge is 0.872 e. The minimum Gasteiger partial charge on any atom is -0.872 e. The first-order valence-corrected chi connectivity index (χ1v) is 11.0. The molecule has 33 heavy (non-hydrogen) atoms. The number of aryl methyl sites for hydroxylation is 1. The fraction of sp³-hybridized carbons (Fsp3) is 0.208. The normalized spacial score (nSPS) is 17.5. The third-order valence-electron chi connectivity index (χ3n) is 5.55. The highest BCUT2D eigenvalue weighted by Crippen LogP contribution is 2.39. The zero-order chi connectivity index (χ0) is 23.5. The third-order valence-corrected chi connectivity index (χ3v) is 6.09. The number of ether oxygens (including phenoxy) is 1. The number of imidazole rings is 1. The Morgan fingerprint density at radius 1 is 1.18 bits per heavy atom. The van der Waals surface area contributed by atoms with Crippen molar-refractivity contribution in [2.24, 2.45) is 0 Å². The maximum Gasteiger partial charge on any atom is 0.295 e. The molecule has 2 heterocycles. The standard InChI is InChI=1S/C24H21Cl2N3O4/c1-33-19-8-5-16(13-18(19)26)22(30)20-21(15-3-6-17(25)7-4-15)29(24(32)23(20)31)11-2-10-28-12-9-27-14-28/h3-9,12-14,21H,2,10-11H2,1H3,(H,30,31). The molecule has 0 radical (unpaired) electrons. The molecule has 4 rings (SSSR count). The molecule has 9 heteroatoms. The van der Waals surface area contributed by atoms with Crippen molar-refractivity contribution in [3.05, 3.63) is 87.9 Å². The molecule has 1 aliphatic heterocycles. The van der Waals surface area contributed by atoms with Crippen molar-refractivity contribution in [2.45, 2.75) is 19.0 Å². The quantitative estimate of drug-likeness (QED) is 0.241. The van der Waals surface area contributed by atoms with Gasteiger partial charge in [-0.25, -0.2) is 4.57 Å². The van der Waals surface area contributed by atoms with Gasteiger partial charge in [-0.15, -0.1) is 0 Å². The smallest absolute Gasteiger partial charge is 0.295 e. The van der Waals surface area contributed by atoms with Crippen molar-refractivity contribution in [1.29, 1.82) is 0 Å². The highest BCUT2D eigenvalue weighted by Gasteiger charge is 2.43. The van der Waals surface area contributed by atoms with Gasteiger partial charge in [0, 0.05) is 23.6 Å². The molecule has 1 aromatic heterocycles. The first-order chi connectivity index (χ1) is 15.9. The number of nitrogens with zero attached hydrogens (tertiary/aromatic N) is 2. The Kier molecular flexibility index (Phi) is 6.72. The van der Waals surface area contributed by atoms with Crippen molar-refractivity contribution >= 4 is 40.7 Å². The summed E-state index contributed by atoms with van der Waals surface area (Å²) in [6.07, 6.45) is 6.08. The van der Waals surface area contributed by atoms with E-state index in [2.05, 4.69) is 4.98 Å². The Labute approximate surface area is 200 Å². The van der Waals surface area contributed by atoms with E-state index in [4.69, 9.17) is 27.9 Å². The van der Waals surface area contributed by atoms with Crippen molar-refractivity contribution in [3.8, 4) is 5.75 Å². The number of aromatic nitrogens is 2. The van der Waals surface area contributed by atoms with Gasteiger partial charge in [-0.3, -0.25) is 14.6 Å². The summed E-state index contributed by atoms with van der Waals surface area (Å²) in [6, 6.07) is 10.5. The van der Waals surface area contributed by atoms with Crippen molar-refractivity contribution in [1.82, 2.24) is 9.88 Å². The zero-order valence-electron chi connectivity index (χ0n) is 17.8. The fourth-order valence-corrected chi connectivity index (χ4v) is 4.32. The third kappa shape index (κ3) is 4.60. The van der Waals surface area contributed by atoms with E-state index in [1.807, 2.05) is 17.1 Å². The van der Waals surface area contributed by atoms with Crippen LogP contribution in [0.3, 0.4) is 0 Å². The number of methoxy groups -OCH3 is 1. The summed E-state index contributed by atoms with van der Waals surface area (Å²) in [7, 11) is 1.47. The molecule has 0 aliphatic carbocycles. The second kappa shape index (κ2) is 9.68. The fourth-order valence-electron chi connectivity index (χ4n) is 3.94. The van der Waals surface area contributed by atoms with Crippen LogP contribution in [0.25, 0.3) is 5.76 Å². The maximum atomic E-state index is 13.4. The minimum absolute atomic E-state index is 0.0992. The number of amides is 1. The van der Waals surface area contributed by atoms with Crippen LogP contribution in [0.4, 0.5) is 0 Å². The summed E-state index contributed by atoms with van der Waals surface area (Å²) >= 11 is 12.2. The number of benzene rings is 2. The molecule has 0 spiro atoms. The summed E-state index contributed by atoms with van der Waals surface area (Å²) in [6.45, 7) is 0.947. The van der Waals surface area contributed by atoms with Crippen molar-refractivity contribution in [2.75, 3.05) is 13.7 Å². The summed E-state index contributed by atoms with van der Waals surface area (Å²) < 4.78 is 7.08. The molecular formula is C24H21Cl2N3O4. The molecule has 1 N–H and O–H groups in total. The van der Waals surface area contributed by atoms with E-state index in [0.29, 0.717) is 35.8 Å². The average molecular weight is 486 g/mol. The topological polar surface area (TPSA) is 89.3 Å². The van der Waals surface area contributed by atoms with Gasteiger partial charge in [0.05, 0.1) is 24.7 Å². The second-order valence-electron chi connectivity index (χ2n) is 7.58. The van der Waals surface area contributed by atoms with Gasteiger partial charge >= 0.3 is 0 Å². The molecule has 3 aromatic rings. The van der Waals surface area contributed by atoms with Crippen LogP contribution in [0.2, 0.25) is 10.0 Å². The first-order valence-electron chi connectivity index (χ1n) is 10.3. The van der Waals surface area contributed by atoms with Gasteiger partial charge in [-0.05, 0) is 35.4 Å².